The third-order valence-corrected chi connectivity index (χ3v) is 3.13. The van der Waals surface area contributed by atoms with Crippen molar-refractivity contribution in [3.8, 4) is 11.3 Å². The highest BCUT2D eigenvalue weighted by molar-refractivity contribution is 6.02. The summed E-state index contributed by atoms with van der Waals surface area (Å²) in [4.78, 5) is 11.7. The molecule has 0 aliphatic carbocycles. The highest BCUT2D eigenvalue weighted by Gasteiger charge is 2.12. The summed E-state index contributed by atoms with van der Waals surface area (Å²) in [5, 5.41) is 0. The van der Waals surface area contributed by atoms with E-state index >= 15 is 0 Å². The van der Waals surface area contributed by atoms with Crippen LogP contribution in [0.4, 0.5) is 0 Å². The fourth-order valence-electron chi connectivity index (χ4n) is 2.27. The molecule has 0 atom stereocenters. The van der Waals surface area contributed by atoms with Crippen molar-refractivity contribution in [3.05, 3.63) is 66.4 Å². The van der Waals surface area contributed by atoms with Gasteiger partial charge in [-0.05, 0) is 30.7 Å². The first-order valence-electron chi connectivity index (χ1n) is 5.94. The standard InChI is InChI=1S/C16H13NO/c1-12(18)14-11-16(13-7-3-2-4-8-13)17-10-6-5-9-15(14)17/h2-11H,1H3. The van der Waals surface area contributed by atoms with Gasteiger partial charge in [-0.1, -0.05) is 36.4 Å². The van der Waals surface area contributed by atoms with Crippen LogP contribution in [-0.2, 0) is 0 Å². The molecule has 0 bridgehead atoms. The van der Waals surface area contributed by atoms with Gasteiger partial charge in [0.1, 0.15) is 0 Å². The van der Waals surface area contributed by atoms with Gasteiger partial charge >= 0.3 is 0 Å². The molecular weight excluding hydrogens is 222 g/mol. The molecule has 0 unspecified atom stereocenters. The molecule has 0 amide bonds. The van der Waals surface area contributed by atoms with Gasteiger partial charge in [-0.2, -0.15) is 0 Å². The highest BCUT2D eigenvalue weighted by Crippen LogP contribution is 2.26. The van der Waals surface area contributed by atoms with Crippen LogP contribution in [-0.4, -0.2) is 10.2 Å². The minimum atomic E-state index is 0.0980. The van der Waals surface area contributed by atoms with Crippen LogP contribution in [0, 0.1) is 0 Å². The van der Waals surface area contributed by atoms with E-state index in [-0.39, 0.29) is 5.78 Å². The van der Waals surface area contributed by atoms with E-state index in [1.54, 1.807) is 6.92 Å². The van der Waals surface area contributed by atoms with Gasteiger partial charge in [0.2, 0.25) is 0 Å². The van der Waals surface area contributed by atoms with Crippen molar-refractivity contribution in [2.24, 2.45) is 0 Å². The summed E-state index contributed by atoms with van der Waals surface area (Å²) < 4.78 is 2.06. The van der Waals surface area contributed by atoms with Crippen molar-refractivity contribution in [1.29, 1.82) is 0 Å². The van der Waals surface area contributed by atoms with Gasteiger partial charge in [0.25, 0.3) is 0 Å². The van der Waals surface area contributed by atoms with Crippen LogP contribution in [0.15, 0.2) is 60.8 Å². The molecule has 1 aromatic carbocycles. The van der Waals surface area contributed by atoms with E-state index in [9.17, 15) is 4.79 Å². The number of fused-ring (bicyclic) bond motifs is 1. The molecule has 0 saturated carbocycles. The van der Waals surface area contributed by atoms with Crippen LogP contribution in [0.25, 0.3) is 16.8 Å². The number of carbonyl (C=O) groups excluding carboxylic acids is 1. The zero-order valence-electron chi connectivity index (χ0n) is 10.1. The van der Waals surface area contributed by atoms with Gasteiger partial charge in [-0.3, -0.25) is 4.79 Å². The van der Waals surface area contributed by atoms with E-state index < -0.39 is 0 Å². The van der Waals surface area contributed by atoms with E-state index in [4.69, 9.17) is 0 Å². The Bertz CT molecular complexity index is 710. The third kappa shape index (κ3) is 1.63. The predicted octanol–water partition coefficient (Wildman–Crippen LogP) is 3.81. The number of carbonyl (C=O) groups is 1. The summed E-state index contributed by atoms with van der Waals surface area (Å²) in [6, 6.07) is 18.0. The Morgan fingerprint density at radius 1 is 1.00 bits per heavy atom. The molecule has 0 spiro atoms. The molecule has 0 saturated heterocycles. The molecule has 0 N–H and O–H groups in total. The molecule has 88 valence electrons. The van der Waals surface area contributed by atoms with Crippen LogP contribution in [0.1, 0.15) is 17.3 Å². The zero-order valence-corrected chi connectivity index (χ0v) is 10.1. The summed E-state index contributed by atoms with van der Waals surface area (Å²) in [7, 11) is 0. The summed E-state index contributed by atoms with van der Waals surface area (Å²) in [5.41, 5.74) is 3.90. The molecule has 2 heterocycles. The van der Waals surface area contributed by atoms with Crippen molar-refractivity contribution < 1.29 is 4.79 Å². The molecule has 3 aromatic rings. The second kappa shape index (κ2) is 4.15. The lowest BCUT2D eigenvalue weighted by atomic mass is 10.1. The molecular formula is C16H13NO. The van der Waals surface area contributed by atoms with E-state index in [0.29, 0.717) is 0 Å². The van der Waals surface area contributed by atoms with Crippen LogP contribution in [0.3, 0.4) is 0 Å². The number of benzene rings is 1. The number of nitrogens with zero attached hydrogens (tertiary/aromatic N) is 1. The Labute approximate surface area is 105 Å². The van der Waals surface area contributed by atoms with Crippen molar-refractivity contribution in [2.45, 2.75) is 6.92 Å². The van der Waals surface area contributed by atoms with Crippen molar-refractivity contribution in [1.82, 2.24) is 4.40 Å². The quantitative estimate of drug-likeness (QED) is 0.619. The number of Topliss-reactive ketones (excluding diaryl/α,β-unsaturated/α-hetero) is 1. The Hall–Kier alpha value is -2.35. The largest absolute Gasteiger partial charge is 0.316 e. The van der Waals surface area contributed by atoms with E-state index in [1.807, 2.05) is 48.7 Å². The molecule has 2 nitrogen and oxygen atoms in total. The number of aromatic nitrogens is 1. The number of ketones is 1. The molecule has 18 heavy (non-hydrogen) atoms. The smallest absolute Gasteiger partial charge is 0.161 e. The zero-order chi connectivity index (χ0) is 12.5. The number of hydrogen-bond acceptors (Lipinski definition) is 1. The van der Waals surface area contributed by atoms with Gasteiger partial charge in [-0.15, -0.1) is 0 Å². The molecule has 0 aliphatic heterocycles. The number of hydrogen-bond donors (Lipinski definition) is 0. The minimum absolute atomic E-state index is 0.0980. The molecule has 0 aliphatic rings. The highest BCUT2D eigenvalue weighted by atomic mass is 16.1. The van der Waals surface area contributed by atoms with Gasteiger partial charge in [0.05, 0.1) is 11.2 Å². The van der Waals surface area contributed by atoms with Gasteiger partial charge in [0, 0.05) is 11.8 Å². The van der Waals surface area contributed by atoms with Crippen LogP contribution >= 0.6 is 0 Å². The summed E-state index contributed by atoms with van der Waals surface area (Å²) in [6.07, 6.45) is 1.99. The van der Waals surface area contributed by atoms with Gasteiger partial charge in [-0.25, -0.2) is 0 Å². The minimum Gasteiger partial charge on any atom is -0.316 e. The van der Waals surface area contributed by atoms with Crippen LogP contribution in [0.5, 0.6) is 0 Å². The maximum absolute atomic E-state index is 11.7. The van der Waals surface area contributed by atoms with Crippen molar-refractivity contribution in [3.63, 3.8) is 0 Å². The van der Waals surface area contributed by atoms with Crippen LogP contribution < -0.4 is 0 Å². The summed E-state index contributed by atoms with van der Waals surface area (Å²) in [6.45, 7) is 1.61. The Kier molecular flexibility index (Phi) is 2.49. The number of rotatable bonds is 2. The Balaban J connectivity index is 2.34. The topological polar surface area (TPSA) is 21.5 Å². The molecule has 0 fully saturated rings. The molecule has 2 heteroatoms. The van der Waals surface area contributed by atoms with Gasteiger partial charge < -0.3 is 4.40 Å². The maximum atomic E-state index is 11.7. The second-order valence-electron chi connectivity index (χ2n) is 4.32. The SMILES string of the molecule is CC(=O)c1cc(-c2ccccc2)n2ccccc12. The monoisotopic (exact) mass is 235 g/mol. The summed E-state index contributed by atoms with van der Waals surface area (Å²) >= 11 is 0. The predicted molar refractivity (Wildman–Crippen MR) is 72.8 cm³/mol. The molecule has 2 aromatic heterocycles. The maximum Gasteiger partial charge on any atom is 0.161 e. The van der Waals surface area contributed by atoms with Gasteiger partial charge in [0.15, 0.2) is 5.78 Å². The summed E-state index contributed by atoms with van der Waals surface area (Å²) in [5.74, 6) is 0.0980. The normalized spacial score (nSPS) is 10.7. The van der Waals surface area contributed by atoms with Crippen molar-refractivity contribution >= 4 is 11.3 Å². The molecule has 0 radical (unpaired) electrons. The first kappa shape index (κ1) is 10.8. The lowest BCUT2D eigenvalue weighted by molar-refractivity contribution is 0.101. The van der Waals surface area contributed by atoms with Crippen LogP contribution in [0.2, 0.25) is 0 Å². The fraction of sp³-hybridized carbons (Fsp3) is 0.0625. The third-order valence-electron chi connectivity index (χ3n) is 3.13. The first-order chi connectivity index (χ1) is 8.77. The first-order valence-corrected chi connectivity index (χ1v) is 5.94. The van der Waals surface area contributed by atoms with E-state index in [1.165, 1.54) is 0 Å². The average molecular weight is 235 g/mol. The second-order valence-corrected chi connectivity index (χ2v) is 4.32. The van der Waals surface area contributed by atoms with E-state index in [0.717, 1.165) is 22.3 Å². The fourth-order valence-corrected chi connectivity index (χ4v) is 2.27. The Morgan fingerprint density at radius 3 is 2.44 bits per heavy atom. The lowest BCUT2D eigenvalue weighted by Gasteiger charge is -2.02. The average Bonchev–Trinajstić information content (AvgIpc) is 2.79. The van der Waals surface area contributed by atoms with Crippen molar-refractivity contribution in [2.75, 3.05) is 0 Å². The lowest BCUT2D eigenvalue weighted by Crippen LogP contribution is -1.90. The molecule has 3 rings (SSSR count). The Morgan fingerprint density at radius 2 is 1.72 bits per heavy atom. The van der Waals surface area contributed by atoms with E-state index in [2.05, 4.69) is 16.5 Å². The number of pyridine rings is 1.